The molecule has 2 bridgehead atoms. The lowest BCUT2D eigenvalue weighted by Gasteiger charge is -2.44. The zero-order valence-corrected chi connectivity index (χ0v) is 23.3. The van der Waals surface area contributed by atoms with Gasteiger partial charge >= 0.3 is 0 Å². The van der Waals surface area contributed by atoms with Crippen LogP contribution in [0.15, 0.2) is 24.3 Å². The molecule has 3 aliphatic heterocycles. The monoisotopic (exact) mass is 509 g/mol. The second-order valence-corrected chi connectivity index (χ2v) is 12.1. The highest BCUT2D eigenvalue weighted by Gasteiger charge is 2.37. The van der Waals surface area contributed by atoms with E-state index in [4.69, 9.17) is 0 Å². The molecule has 1 aliphatic carbocycles. The first-order valence-electron chi connectivity index (χ1n) is 14.7. The lowest BCUT2D eigenvalue weighted by Crippen LogP contribution is -2.55. The van der Waals surface area contributed by atoms with Gasteiger partial charge in [0.15, 0.2) is 0 Å². The quantitative estimate of drug-likeness (QED) is 0.609. The van der Waals surface area contributed by atoms with Gasteiger partial charge in [0, 0.05) is 83.1 Å². The Morgan fingerprint density at radius 3 is 2.35 bits per heavy atom. The average Bonchev–Trinajstić information content (AvgIpc) is 3.70. The van der Waals surface area contributed by atoms with Crippen molar-refractivity contribution in [3.05, 3.63) is 29.8 Å². The van der Waals surface area contributed by atoms with Gasteiger partial charge in [0.05, 0.1) is 6.54 Å². The standard InChI is InChI=1S/C30H47N5O2/c1-23(2)32-17-15-31(16-18-32)22-30(37)33-20-26-7-4-5-10-29(26)34(24(3)36)14-13-27-8-6-9-28(21-33)35(27)19-25-11-12-25/h4-5,7,10,23,25,27-28H,6,8-9,11-22H2,1-3H3. The Balaban J connectivity index is 1.40. The molecule has 4 aliphatic rings. The van der Waals surface area contributed by atoms with E-state index in [1.54, 1.807) is 6.92 Å². The second-order valence-electron chi connectivity index (χ2n) is 12.1. The Kier molecular flexibility index (Phi) is 8.52. The SMILES string of the molecule is CC(=O)N1CCC2CCCC(CN(C(=O)CN3CCN(C(C)C)CC3)Cc3ccccc31)N2CC1CC1. The van der Waals surface area contributed by atoms with Gasteiger partial charge in [-0.05, 0) is 63.5 Å². The third-order valence-electron chi connectivity index (χ3n) is 9.17. The molecule has 3 heterocycles. The highest BCUT2D eigenvalue weighted by molar-refractivity contribution is 5.92. The number of fused-ring (bicyclic) bond motifs is 3. The minimum Gasteiger partial charge on any atom is -0.336 e. The fourth-order valence-corrected chi connectivity index (χ4v) is 6.70. The van der Waals surface area contributed by atoms with Gasteiger partial charge in [-0.15, -0.1) is 0 Å². The number of hydrogen-bond donors (Lipinski definition) is 0. The number of piperazine rings is 1. The summed E-state index contributed by atoms with van der Waals surface area (Å²) in [5, 5.41) is 0. The maximum absolute atomic E-state index is 13.9. The van der Waals surface area contributed by atoms with Crippen molar-refractivity contribution in [3.8, 4) is 0 Å². The van der Waals surface area contributed by atoms with E-state index in [0.717, 1.165) is 75.8 Å². The maximum Gasteiger partial charge on any atom is 0.237 e. The van der Waals surface area contributed by atoms with E-state index in [2.05, 4.69) is 45.6 Å². The molecule has 37 heavy (non-hydrogen) atoms. The Morgan fingerprint density at radius 2 is 1.65 bits per heavy atom. The molecule has 3 fully saturated rings. The van der Waals surface area contributed by atoms with Crippen molar-refractivity contribution in [1.29, 1.82) is 0 Å². The molecule has 2 amide bonds. The van der Waals surface area contributed by atoms with Crippen molar-refractivity contribution >= 4 is 17.5 Å². The van der Waals surface area contributed by atoms with E-state index in [1.165, 1.54) is 25.7 Å². The van der Waals surface area contributed by atoms with Gasteiger partial charge in [0.2, 0.25) is 11.8 Å². The maximum atomic E-state index is 13.9. The number of amides is 2. The molecular weight excluding hydrogens is 462 g/mol. The van der Waals surface area contributed by atoms with E-state index >= 15 is 0 Å². The van der Waals surface area contributed by atoms with Crippen molar-refractivity contribution in [1.82, 2.24) is 19.6 Å². The smallest absolute Gasteiger partial charge is 0.237 e. The second kappa shape index (κ2) is 11.8. The van der Waals surface area contributed by atoms with E-state index < -0.39 is 0 Å². The first-order valence-corrected chi connectivity index (χ1v) is 14.7. The van der Waals surface area contributed by atoms with Gasteiger partial charge in [0.1, 0.15) is 0 Å². The van der Waals surface area contributed by atoms with Crippen molar-refractivity contribution in [2.75, 3.05) is 57.3 Å². The normalized spacial score (nSPS) is 26.6. The number of piperidine rings is 1. The number of hydrogen-bond acceptors (Lipinski definition) is 5. The van der Waals surface area contributed by atoms with Crippen LogP contribution < -0.4 is 4.90 Å². The minimum atomic E-state index is 0.0914. The van der Waals surface area contributed by atoms with Crippen LogP contribution >= 0.6 is 0 Å². The van der Waals surface area contributed by atoms with Crippen LogP contribution in [0.1, 0.15) is 64.9 Å². The summed E-state index contributed by atoms with van der Waals surface area (Å²) < 4.78 is 0. The third kappa shape index (κ3) is 6.55. The molecule has 1 aromatic rings. The lowest BCUT2D eigenvalue weighted by molar-refractivity contribution is -0.135. The zero-order valence-electron chi connectivity index (χ0n) is 23.3. The largest absolute Gasteiger partial charge is 0.336 e. The lowest BCUT2D eigenvalue weighted by atomic mass is 9.92. The van der Waals surface area contributed by atoms with E-state index in [1.807, 2.05) is 17.0 Å². The summed E-state index contributed by atoms with van der Waals surface area (Å²) in [6.45, 7) is 13.9. The first kappa shape index (κ1) is 26.6. The van der Waals surface area contributed by atoms with Crippen molar-refractivity contribution < 1.29 is 9.59 Å². The minimum absolute atomic E-state index is 0.0914. The predicted molar refractivity (Wildman–Crippen MR) is 149 cm³/mol. The molecule has 0 N–H and O–H groups in total. The molecule has 1 aromatic carbocycles. The molecule has 2 saturated heterocycles. The zero-order chi connectivity index (χ0) is 25.9. The van der Waals surface area contributed by atoms with Gasteiger partial charge in [-0.25, -0.2) is 0 Å². The van der Waals surface area contributed by atoms with Gasteiger partial charge in [-0.3, -0.25) is 24.3 Å². The molecule has 7 nitrogen and oxygen atoms in total. The Morgan fingerprint density at radius 1 is 0.919 bits per heavy atom. The highest BCUT2D eigenvalue weighted by Crippen LogP contribution is 2.36. The van der Waals surface area contributed by atoms with Crippen LogP contribution in [0.2, 0.25) is 0 Å². The van der Waals surface area contributed by atoms with Crippen LogP contribution in [-0.2, 0) is 16.1 Å². The fraction of sp³-hybridized carbons (Fsp3) is 0.733. The van der Waals surface area contributed by atoms with Gasteiger partial charge in [-0.1, -0.05) is 24.6 Å². The number of rotatable bonds is 5. The number of carbonyl (C=O) groups is 2. The van der Waals surface area contributed by atoms with Gasteiger partial charge in [-0.2, -0.15) is 0 Å². The fourth-order valence-electron chi connectivity index (χ4n) is 6.70. The third-order valence-corrected chi connectivity index (χ3v) is 9.17. The average molecular weight is 510 g/mol. The Hall–Kier alpha value is -1.96. The summed E-state index contributed by atoms with van der Waals surface area (Å²) in [6.07, 6.45) is 7.26. The summed E-state index contributed by atoms with van der Waals surface area (Å²) in [5.74, 6) is 1.14. The van der Waals surface area contributed by atoms with Crippen LogP contribution in [0.3, 0.4) is 0 Å². The molecule has 204 valence electrons. The van der Waals surface area contributed by atoms with Crippen LogP contribution in [0, 0.1) is 5.92 Å². The van der Waals surface area contributed by atoms with Gasteiger partial charge in [0.25, 0.3) is 0 Å². The molecule has 1 saturated carbocycles. The summed E-state index contributed by atoms with van der Waals surface area (Å²) in [7, 11) is 0. The molecule has 2 unspecified atom stereocenters. The highest BCUT2D eigenvalue weighted by atomic mass is 16.2. The summed E-state index contributed by atoms with van der Waals surface area (Å²) >= 11 is 0. The number of anilines is 1. The molecule has 0 spiro atoms. The summed E-state index contributed by atoms with van der Waals surface area (Å²) in [5.41, 5.74) is 2.06. The van der Waals surface area contributed by atoms with Crippen LogP contribution in [0.25, 0.3) is 0 Å². The summed E-state index contributed by atoms with van der Waals surface area (Å²) in [6, 6.07) is 9.70. The Labute approximate surface area is 223 Å². The van der Waals surface area contributed by atoms with Crippen molar-refractivity contribution in [2.24, 2.45) is 5.92 Å². The molecule has 0 aromatic heterocycles. The van der Waals surface area contributed by atoms with Crippen LogP contribution in [0.5, 0.6) is 0 Å². The van der Waals surface area contributed by atoms with Crippen LogP contribution in [0.4, 0.5) is 5.69 Å². The Bertz CT molecular complexity index is 940. The van der Waals surface area contributed by atoms with Gasteiger partial charge < -0.3 is 9.80 Å². The van der Waals surface area contributed by atoms with Crippen LogP contribution in [-0.4, -0.2) is 102 Å². The molecule has 5 rings (SSSR count). The van der Waals surface area contributed by atoms with Crippen molar-refractivity contribution in [2.45, 2.75) is 84.0 Å². The predicted octanol–water partition coefficient (Wildman–Crippen LogP) is 3.43. The van der Waals surface area contributed by atoms with E-state index in [0.29, 0.717) is 31.2 Å². The van der Waals surface area contributed by atoms with E-state index in [9.17, 15) is 9.59 Å². The molecule has 2 atom stereocenters. The van der Waals surface area contributed by atoms with Crippen molar-refractivity contribution in [3.63, 3.8) is 0 Å². The molecule has 7 heteroatoms. The topological polar surface area (TPSA) is 50.3 Å². The number of benzene rings is 1. The summed E-state index contributed by atoms with van der Waals surface area (Å²) in [4.78, 5) is 38.4. The number of para-hydroxylation sites is 1. The van der Waals surface area contributed by atoms with E-state index in [-0.39, 0.29) is 11.8 Å². The number of carbonyl (C=O) groups excluding carboxylic acids is 2. The number of nitrogens with zero attached hydrogens (tertiary/aromatic N) is 5. The first-order chi connectivity index (χ1) is 17.9. The molecular formula is C30H47N5O2. The molecule has 0 radical (unpaired) electrons.